The van der Waals surface area contributed by atoms with Crippen LogP contribution in [0.1, 0.15) is 60.3 Å². The minimum Gasteiger partial charge on any atom is -0.501 e. The number of rotatable bonds is 7. The predicted octanol–water partition coefficient (Wildman–Crippen LogP) is 15.6. The van der Waals surface area contributed by atoms with Crippen molar-refractivity contribution in [2.75, 3.05) is 0 Å². The van der Waals surface area contributed by atoms with E-state index < -0.39 is 6.85 Å². The quantitative estimate of drug-likeness (QED) is 0.149. The van der Waals surface area contributed by atoms with E-state index in [1.165, 1.54) is 34.1 Å². The summed E-state index contributed by atoms with van der Waals surface area (Å²) in [6.07, 6.45) is 1.39. The Labute approximate surface area is 385 Å². The molecular weight excluding hydrogens is 951 g/mol. The Bertz CT molecular complexity index is 3440. The van der Waals surface area contributed by atoms with Gasteiger partial charge in [0, 0.05) is 52.4 Å². The summed E-state index contributed by atoms with van der Waals surface area (Å²) in [5.74, 6) is 2.20. The fraction of sp³-hybridized carbons (Fsp3) is 0.123. The Hall–Kier alpha value is -6.85. The predicted molar refractivity (Wildman–Crippen MR) is 255 cm³/mol. The maximum Gasteiger partial charge on any atom is 0.135 e. The van der Waals surface area contributed by atoms with Gasteiger partial charge in [0.15, 0.2) is 0 Å². The number of hydrogen-bond acceptors (Lipinski definition) is 4. The average molecular weight is 999 g/mol. The molecule has 0 saturated heterocycles. The molecular formula is C57H45IrN3O2-2. The summed E-state index contributed by atoms with van der Waals surface area (Å²) < 4.78 is 37.2. The van der Waals surface area contributed by atoms with E-state index in [0.717, 1.165) is 77.9 Å². The number of aryl methyl sites for hydroxylation is 1. The molecule has 0 saturated carbocycles. The Morgan fingerprint density at radius 2 is 1.33 bits per heavy atom. The number of benzene rings is 7. The maximum atomic E-state index is 7.23. The molecule has 311 valence electrons. The molecule has 4 aromatic heterocycles. The van der Waals surface area contributed by atoms with Crippen LogP contribution in [-0.4, -0.2) is 14.5 Å². The molecule has 0 fully saturated rings. The molecule has 0 aliphatic carbocycles. The summed E-state index contributed by atoms with van der Waals surface area (Å²) in [6, 6.07) is 61.7. The van der Waals surface area contributed by atoms with Crippen LogP contribution in [-0.2, 0) is 20.1 Å². The third kappa shape index (κ3) is 7.93. The maximum absolute atomic E-state index is 7.23. The van der Waals surface area contributed by atoms with Crippen molar-refractivity contribution in [3.05, 3.63) is 199 Å². The summed E-state index contributed by atoms with van der Waals surface area (Å²) in [7, 11) is 0. The SMILES string of the molecule is CC(C)c1cc(-c2ccccc2)cc(C(C)C)c1-n1c(-c2[c-]ccc3c2oc2cc4cc(-c5ccccc5)oc4cc23)nc2ccccc21.[2H]C([2H])([2H])c1ccc(-c2[c-]cccc2)nc1.[Ir]. The molecule has 0 unspecified atom stereocenters. The van der Waals surface area contributed by atoms with Crippen LogP contribution in [0.5, 0.6) is 0 Å². The van der Waals surface area contributed by atoms with Gasteiger partial charge in [-0.3, -0.25) is 4.98 Å². The van der Waals surface area contributed by atoms with Crippen LogP contribution in [0.2, 0.25) is 0 Å². The zero-order valence-electron chi connectivity index (χ0n) is 38.3. The van der Waals surface area contributed by atoms with E-state index in [0.29, 0.717) is 0 Å². The van der Waals surface area contributed by atoms with Crippen LogP contribution < -0.4 is 0 Å². The van der Waals surface area contributed by atoms with Crippen LogP contribution in [0.15, 0.2) is 179 Å². The van der Waals surface area contributed by atoms with Gasteiger partial charge in [0.1, 0.15) is 16.9 Å². The second kappa shape index (κ2) is 17.5. The zero-order valence-corrected chi connectivity index (χ0v) is 37.7. The van der Waals surface area contributed by atoms with E-state index in [1.54, 1.807) is 18.2 Å². The van der Waals surface area contributed by atoms with Gasteiger partial charge in [-0.25, -0.2) is 0 Å². The van der Waals surface area contributed by atoms with Crippen molar-refractivity contribution in [1.82, 2.24) is 14.5 Å². The number of pyridine rings is 1. The van der Waals surface area contributed by atoms with Gasteiger partial charge in [0.2, 0.25) is 0 Å². The standard InChI is InChI=1S/C45H35N2O2.C12H10N.Ir/c1-27(2)35-22-31(29-14-7-5-8-15-29)23-36(28(3)4)43(35)47-39-21-12-11-20-38(39)46-45(47)34-19-13-18-33-37-26-41-32(25-42(37)49-44(33)34)24-40(48-41)30-16-9-6-10-17-30;1-10-7-8-12(13-9-10)11-5-3-2-4-6-11;/h5-18,20-28H,1-4H3;2-5,7-9H,1H3;/q2*-1;/i;1D3;. The largest absolute Gasteiger partial charge is 0.501 e. The molecule has 0 spiro atoms. The van der Waals surface area contributed by atoms with Crippen molar-refractivity contribution in [1.29, 1.82) is 0 Å². The number of fused-ring (bicyclic) bond motifs is 5. The molecule has 0 atom stereocenters. The molecule has 0 N–H and O–H groups in total. The topological polar surface area (TPSA) is 57.0 Å². The molecule has 11 aromatic rings. The third-order valence-corrected chi connectivity index (χ3v) is 11.4. The van der Waals surface area contributed by atoms with Crippen molar-refractivity contribution < 1.29 is 33.1 Å². The Morgan fingerprint density at radius 1 is 0.619 bits per heavy atom. The minimum atomic E-state index is -2.09. The molecule has 0 amide bonds. The van der Waals surface area contributed by atoms with Crippen molar-refractivity contribution in [3.8, 4) is 50.8 Å². The molecule has 7 aromatic carbocycles. The van der Waals surface area contributed by atoms with E-state index in [2.05, 4.69) is 153 Å². The zero-order chi connectivity index (χ0) is 44.8. The summed E-state index contributed by atoms with van der Waals surface area (Å²) in [5.41, 5.74) is 14.3. The van der Waals surface area contributed by atoms with Gasteiger partial charge in [0.25, 0.3) is 0 Å². The monoisotopic (exact) mass is 999 g/mol. The molecule has 63 heavy (non-hydrogen) atoms. The normalized spacial score (nSPS) is 12.3. The van der Waals surface area contributed by atoms with E-state index in [9.17, 15) is 0 Å². The first-order valence-electron chi connectivity index (χ1n) is 22.5. The van der Waals surface area contributed by atoms with E-state index >= 15 is 0 Å². The third-order valence-electron chi connectivity index (χ3n) is 11.4. The molecule has 0 aliphatic rings. The minimum absolute atomic E-state index is 0. The molecule has 0 bridgehead atoms. The van der Waals surface area contributed by atoms with Crippen LogP contribution in [0, 0.1) is 19.0 Å². The van der Waals surface area contributed by atoms with Crippen molar-refractivity contribution in [2.45, 2.75) is 46.4 Å². The summed E-state index contributed by atoms with van der Waals surface area (Å²) in [5, 5.41) is 3.02. The van der Waals surface area contributed by atoms with E-state index in [4.69, 9.17) is 17.9 Å². The van der Waals surface area contributed by atoms with Gasteiger partial charge in [-0.05, 0) is 94.7 Å². The summed E-state index contributed by atoms with van der Waals surface area (Å²) >= 11 is 0. The van der Waals surface area contributed by atoms with Gasteiger partial charge in [0.05, 0.1) is 22.4 Å². The van der Waals surface area contributed by atoms with Crippen LogP contribution in [0.25, 0.3) is 94.7 Å². The molecule has 6 heteroatoms. The number of hydrogen-bond donors (Lipinski definition) is 0. The molecule has 5 nitrogen and oxygen atoms in total. The van der Waals surface area contributed by atoms with Gasteiger partial charge in [-0.15, -0.1) is 54.1 Å². The van der Waals surface area contributed by atoms with Gasteiger partial charge in [-0.2, -0.15) is 0 Å². The molecule has 0 aliphatic heterocycles. The Balaban J connectivity index is 0.000000273. The van der Waals surface area contributed by atoms with Crippen molar-refractivity contribution in [3.63, 3.8) is 0 Å². The fourth-order valence-electron chi connectivity index (χ4n) is 8.33. The number of para-hydroxylation sites is 2. The number of imidazole rings is 1. The van der Waals surface area contributed by atoms with E-state index in [-0.39, 0.29) is 37.5 Å². The first-order chi connectivity index (χ1) is 31.5. The van der Waals surface area contributed by atoms with Gasteiger partial charge >= 0.3 is 0 Å². The van der Waals surface area contributed by atoms with Crippen molar-refractivity contribution in [2.24, 2.45) is 0 Å². The molecule has 11 rings (SSSR count). The van der Waals surface area contributed by atoms with Crippen LogP contribution in [0.3, 0.4) is 0 Å². The number of nitrogens with zero attached hydrogens (tertiary/aromatic N) is 3. The fourth-order valence-corrected chi connectivity index (χ4v) is 8.33. The smallest absolute Gasteiger partial charge is 0.135 e. The second-order valence-electron chi connectivity index (χ2n) is 16.2. The number of furan rings is 2. The Kier molecular flexibility index (Phi) is 10.5. The van der Waals surface area contributed by atoms with Crippen molar-refractivity contribution >= 4 is 43.9 Å². The summed E-state index contributed by atoms with van der Waals surface area (Å²) in [6.45, 7) is 7.03. The Morgan fingerprint density at radius 3 is 2.02 bits per heavy atom. The second-order valence-corrected chi connectivity index (χ2v) is 16.2. The van der Waals surface area contributed by atoms with Crippen LogP contribution >= 0.6 is 0 Å². The van der Waals surface area contributed by atoms with Gasteiger partial charge in [-0.1, -0.05) is 124 Å². The summed E-state index contributed by atoms with van der Waals surface area (Å²) in [4.78, 5) is 9.43. The first kappa shape index (κ1) is 37.9. The average Bonchev–Trinajstić information content (AvgIpc) is 4.04. The number of aromatic nitrogens is 3. The first-order valence-corrected chi connectivity index (χ1v) is 21.0. The van der Waals surface area contributed by atoms with Crippen LogP contribution in [0.4, 0.5) is 0 Å². The van der Waals surface area contributed by atoms with Gasteiger partial charge < -0.3 is 18.4 Å². The molecule has 1 radical (unpaired) electrons. The van der Waals surface area contributed by atoms with E-state index in [1.807, 2.05) is 42.5 Å². The molecule has 4 heterocycles.